The van der Waals surface area contributed by atoms with Crippen molar-refractivity contribution in [3.63, 3.8) is 0 Å². The third-order valence-electron chi connectivity index (χ3n) is 1.86. The van der Waals surface area contributed by atoms with E-state index in [0.717, 1.165) is 6.42 Å². The van der Waals surface area contributed by atoms with Gasteiger partial charge in [-0.05, 0) is 26.2 Å². The number of rotatable bonds is 4. The molecule has 3 heteroatoms. The van der Waals surface area contributed by atoms with Crippen LogP contribution in [0.2, 0.25) is 0 Å². The number of allylic oxidation sites excluding steroid dienone is 1. The normalized spacial score (nSPS) is 13.2. The van der Waals surface area contributed by atoms with Gasteiger partial charge in [0.1, 0.15) is 0 Å². The van der Waals surface area contributed by atoms with Gasteiger partial charge in [-0.3, -0.25) is 0 Å². The van der Waals surface area contributed by atoms with Gasteiger partial charge in [0.2, 0.25) is 0 Å². The van der Waals surface area contributed by atoms with E-state index in [1.807, 2.05) is 0 Å². The number of esters is 1. The van der Waals surface area contributed by atoms with E-state index in [0.29, 0.717) is 11.5 Å². The highest BCUT2D eigenvalue weighted by Gasteiger charge is 2.26. The first-order valence-electron chi connectivity index (χ1n) is 4.80. The predicted molar refractivity (Wildman–Crippen MR) is 55.9 cm³/mol. The Morgan fingerprint density at radius 2 is 2.00 bits per heavy atom. The van der Waals surface area contributed by atoms with Gasteiger partial charge in [-0.25, -0.2) is 4.79 Å². The monoisotopic (exact) mass is 200 g/mol. The van der Waals surface area contributed by atoms with Gasteiger partial charge >= 0.3 is 5.97 Å². The molecule has 0 saturated carbocycles. The Labute approximate surface area is 85.8 Å². The molecule has 0 atom stereocenters. The van der Waals surface area contributed by atoms with Crippen molar-refractivity contribution in [2.24, 2.45) is 5.92 Å². The van der Waals surface area contributed by atoms with E-state index in [4.69, 9.17) is 0 Å². The Balaban J connectivity index is 4.73. The molecule has 0 spiro atoms. The Bertz CT molecular complexity index is 221. The molecule has 0 radical (unpaired) electrons. The lowest BCUT2D eigenvalue weighted by Gasteiger charge is -2.19. The molecule has 14 heavy (non-hydrogen) atoms. The van der Waals surface area contributed by atoms with Gasteiger partial charge in [0.05, 0.1) is 18.3 Å². The van der Waals surface area contributed by atoms with E-state index < -0.39 is 11.6 Å². The first-order chi connectivity index (χ1) is 6.29. The number of carbonyl (C=O) groups excluding carboxylic acids is 1. The minimum Gasteiger partial charge on any atom is -0.466 e. The molecule has 0 amide bonds. The summed E-state index contributed by atoms with van der Waals surface area (Å²) in [5.74, 6) is -0.00449. The quantitative estimate of drug-likeness (QED) is 0.557. The van der Waals surface area contributed by atoms with E-state index >= 15 is 0 Å². The summed E-state index contributed by atoms with van der Waals surface area (Å²) in [6, 6.07) is 0. The topological polar surface area (TPSA) is 46.5 Å². The maximum Gasteiger partial charge on any atom is 0.336 e. The number of hydrogen-bond acceptors (Lipinski definition) is 3. The van der Waals surface area contributed by atoms with Crippen molar-refractivity contribution in [3.8, 4) is 0 Å². The highest BCUT2D eigenvalue weighted by molar-refractivity contribution is 5.90. The Kier molecular flexibility index (Phi) is 4.85. The molecule has 3 nitrogen and oxygen atoms in total. The first kappa shape index (κ1) is 13.2. The zero-order valence-corrected chi connectivity index (χ0v) is 9.63. The molecule has 0 aliphatic heterocycles. The van der Waals surface area contributed by atoms with Crippen molar-refractivity contribution in [1.82, 2.24) is 0 Å². The maximum absolute atomic E-state index is 11.3. The van der Waals surface area contributed by atoms with Gasteiger partial charge < -0.3 is 9.84 Å². The highest BCUT2D eigenvalue weighted by Crippen LogP contribution is 2.18. The maximum atomic E-state index is 11.3. The number of hydrogen-bond donors (Lipinski definition) is 1. The van der Waals surface area contributed by atoms with Crippen molar-refractivity contribution in [1.29, 1.82) is 0 Å². The van der Waals surface area contributed by atoms with E-state index in [1.165, 1.54) is 7.11 Å². The second-order valence-electron chi connectivity index (χ2n) is 4.30. The van der Waals surface area contributed by atoms with Crippen molar-refractivity contribution < 1.29 is 14.6 Å². The summed E-state index contributed by atoms with van der Waals surface area (Å²) < 4.78 is 4.60. The largest absolute Gasteiger partial charge is 0.466 e. The van der Waals surface area contributed by atoms with Gasteiger partial charge in [-0.1, -0.05) is 19.9 Å². The molecule has 0 aliphatic carbocycles. The zero-order chi connectivity index (χ0) is 11.4. The highest BCUT2D eigenvalue weighted by atomic mass is 16.5. The summed E-state index contributed by atoms with van der Waals surface area (Å²) in [4.78, 5) is 11.3. The molecule has 82 valence electrons. The molecular formula is C11H20O3. The Hall–Kier alpha value is -0.830. The third-order valence-corrected chi connectivity index (χ3v) is 1.86. The fourth-order valence-corrected chi connectivity index (χ4v) is 1.05. The molecular weight excluding hydrogens is 180 g/mol. The van der Waals surface area contributed by atoms with E-state index in [2.05, 4.69) is 18.6 Å². The Morgan fingerprint density at radius 3 is 2.29 bits per heavy atom. The number of methoxy groups -OCH3 is 1. The molecule has 0 unspecified atom stereocenters. The minimum atomic E-state index is -1.14. The number of carbonyl (C=O) groups is 1. The molecule has 0 aromatic heterocycles. The van der Waals surface area contributed by atoms with Crippen LogP contribution in [0.3, 0.4) is 0 Å². The average Bonchev–Trinajstić information content (AvgIpc) is 2.01. The van der Waals surface area contributed by atoms with Crippen molar-refractivity contribution in [3.05, 3.63) is 11.6 Å². The molecule has 0 bridgehead atoms. The van der Waals surface area contributed by atoms with Crippen molar-refractivity contribution in [2.45, 2.75) is 39.7 Å². The van der Waals surface area contributed by atoms with Crippen molar-refractivity contribution in [2.75, 3.05) is 7.11 Å². The van der Waals surface area contributed by atoms with Crippen LogP contribution in [0.15, 0.2) is 11.6 Å². The third kappa shape index (κ3) is 4.42. The predicted octanol–water partition coefficient (Wildman–Crippen LogP) is 1.90. The van der Waals surface area contributed by atoms with Crippen LogP contribution in [0, 0.1) is 5.92 Å². The minimum absolute atomic E-state index is 0.328. The molecule has 0 aliphatic rings. The van der Waals surface area contributed by atoms with Crippen LogP contribution in [0.25, 0.3) is 0 Å². The number of ether oxygens (including phenoxy) is 1. The fraction of sp³-hybridized carbons (Fsp3) is 0.727. The summed E-state index contributed by atoms with van der Waals surface area (Å²) in [5, 5.41) is 9.72. The van der Waals surface area contributed by atoms with Gasteiger partial charge in [0.25, 0.3) is 0 Å². The van der Waals surface area contributed by atoms with Crippen LogP contribution in [-0.4, -0.2) is 23.8 Å². The molecule has 0 rings (SSSR count). The molecule has 0 aromatic rings. The van der Waals surface area contributed by atoms with Crippen LogP contribution in [-0.2, 0) is 9.53 Å². The summed E-state index contributed by atoms with van der Waals surface area (Å²) in [6.45, 7) is 7.26. The van der Waals surface area contributed by atoms with Gasteiger partial charge in [-0.15, -0.1) is 0 Å². The molecule has 0 fully saturated rings. The van der Waals surface area contributed by atoms with E-state index in [1.54, 1.807) is 19.9 Å². The standard InChI is InChI=1S/C11H20O3/c1-8(2)6-7-9(10(12)14-5)11(3,4)13/h7-8,13H,6H2,1-5H3/b9-7+. The fourth-order valence-electron chi connectivity index (χ4n) is 1.05. The first-order valence-corrected chi connectivity index (χ1v) is 4.80. The van der Waals surface area contributed by atoms with E-state index in [-0.39, 0.29) is 0 Å². The van der Waals surface area contributed by atoms with Gasteiger partial charge in [-0.2, -0.15) is 0 Å². The Morgan fingerprint density at radius 1 is 1.50 bits per heavy atom. The molecule has 0 heterocycles. The average molecular weight is 200 g/mol. The smallest absolute Gasteiger partial charge is 0.336 e. The second kappa shape index (κ2) is 5.15. The number of aliphatic hydroxyl groups is 1. The summed E-state index contributed by atoms with van der Waals surface area (Å²) in [5.41, 5.74) is -0.809. The molecule has 1 N–H and O–H groups in total. The molecule has 0 aromatic carbocycles. The van der Waals surface area contributed by atoms with Crippen LogP contribution in [0.5, 0.6) is 0 Å². The van der Waals surface area contributed by atoms with Gasteiger partial charge in [0.15, 0.2) is 0 Å². The van der Waals surface area contributed by atoms with Crippen molar-refractivity contribution >= 4 is 5.97 Å². The van der Waals surface area contributed by atoms with Crippen LogP contribution >= 0.6 is 0 Å². The van der Waals surface area contributed by atoms with Crippen LogP contribution in [0.4, 0.5) is 0 Å². The summed E-state index contributed by atoms with van der Waals surface area (Å²) >= 11 is 0. The second-order valence-corrected chi connectivity index (χ2v) is 4.30. The van der Waals surface area contributed by atoms with E-state index in [9.17, 15) is 9.90 Å². The van der Waals surface area contributed by atoms with Crippen LogP contribution in [0.1, 0.15) is 34.1 Å². The lowest BCUT2D eigenvalue weighted by atomic mass is 9.95. The van der Waals surface area contributed by atoms with Crippen LogP contribution < -0.4 is 0 Å². The van der Waals surface area contributed by atoms with Gasteiger partial charge in [0, 0.05) is 0 Å². The zero-order valence-electron chi connectivity index (χ0n) is 9.63. The lowest BCUT2D eigenvalue weighted by Crippen LogP contribution is -2.28. The summed E-state index contributed by atoms with van der Waals surface area (Å²) in [6.07, 6.45) is 2.50. The summed E-state index contributed by atoms with van der Waals surface area (Å²) in [7, 11) is 1.32. The lowest BCUT2D eigenvalue weighted by molar-refractivity contribution is -0.138. The molecule has 0 saturated heterocycles. The SMILES string of the molecule is COC(=O)/C(=C\CC(C)C)C(C)(C)O.